The SMILES string of the molecule is CCCC(CC(C)C)OC(=O)[C@H](C)N[P@](=O)(Oc1ccccc1)Oc1c(F)c(F)c(F)c(F)c1F. The third-order valence-corrected chi connectivity index (χ3v) is 6.26. The highest BCUT2D eigenvalue weighted by Crippen LogP contribution is 2.47. The number of hydrogen-bond acceptors (Lipinski definition) is 5. The predicted molar refractivity (Wildman–Crippen MR) is 118 cm³/mol. The number of para-hydroxylation sites is 1. The van der Waals surface area contributed by atoms with Gasteiger partial charge in [0.1, 0.15) is 17.9 Å². The number of nitrogens with one attached hydrogen (secondary N) is 1. The number of carbonyl (C=O) groups is 1. The highest BCUT2D eigenvalue weighted by Gasteiger charge is 2.38. The van der Waals surface area contributed by atoms with E-state index in [1.807, 2.05) is 20.8 Å². The van der Waals surface area contributed by atoms with Crippen LogP contribution in [0.5, 0.6) is 11.5 Å². The molecule has 2 aromatic carbocycles. The summed E-state index contributed by atoms with van der Waals surface area (Å²) in [6, 6.07) is 5.72. The lowest BCUT2D eigenvalue weighted by Crippen LogP contribution is -2.38. The molecule has 0 aliphatic rings. The summed E-state index contributed by atoms with van der Waals surface area (Å²) in [6.07, 6.45) is 1.41. The van der Waals surface area contributed by atoms with Crippen LogP contribution in [0.25, 0.3) is 0 Å². The van der Waals surface area contributed by atoms with Crippen molar-refractivity contribution in [2.75, 3.05) is 0 Å². The van der Waals surface area contributed by atoms with Gasteiger partial charge in [-0.05, 0) is 37.8 Å². The maximum Gasteiger partial charge on any atom is 0.513 e. The van der Waals surface area contributed by atoms with E-state index >= 15 is 0 Å². The topological polar surface area (TPSA) is 73.9 Å². The summed E-state index contributed by atoms with van der Waals surface area (Å²) >= 11 is 0. The Kier molecular flexibility index (Phi) is 10.1. The Morgan fingerprint density at radius 3 is 1.97 bits per heavy atom. The second kappa shape index (κ2) is 12.4. The van der Waals surface area contributed by atoms with Crippen LogP contribution in [0.4, 0.5) is 22.0 Å². The molecule has 0 spiro atoms. The number of esters is 1. The van der Waals surface area contributed by atoms with Crippen molar-refractivity contribution in [3.63, 3.8) is 0 Å². The van der Waals surface area contributed by atoms with Crippen molar-refractivity contribution in [2.24, 2.45) is 5.92 Å². The van der Waals surface area contributed by atoms with Gasteiger partial charge in [-0.1, -0.05) is 45.4 Å². The standard InChI is InChI=1S/C23H27F5NO5P/c1-5-9-16(12-13(2)3)32-23(30)14(4)29-35(31,33-15-10-7-6-8-11-15)34-22-20(27)18(25)17(24)19(26)21(22)28/h6-8,10-11,13-14,16H,5,9,12H2,1-4H3,(H,29,31)/t14-,16?,35-/m0/s1. The van der Waals surface area contributed by atoms with Gasteiger partial charge in [0, 0.05) is 0 Å². The fourth-order valence-electron chi connectivity index (χ4n) is 3.11. The molecule has 2 aromatic rings. The molecule has 0 amide bonds. The zero-order valence-corrected chi connectivity index (χ0v) is 20.5. The van der Waals surface area contributed by atoms with Gasteiger partial charge < -0.3 is 13.8 Å². The van der Waals surface area contributed by atoms with Crippen LogP contribution >= 0.6 is 7.75 Å². The van der Waals surface area contributed by atoms with E-state index in [4.69, 9.17) is 13.8 Å². The van der Waals surface area contributed by atoms with Gasteiger partial charge in [0.2, 0.25) is 34.8 Å². The maximum absolute atomic E-state index is 14.2. The Balaban J connectivity index is 2.36. The van der Waals surface area contributed by atoms with Gasteiger partial charge in [0.25, 0.3) is 0 Å². The molecule has 3 atom stereocenters. The summed E-state index contributed by atoms with van der Waals surface area (Å²) in [5.41, 5.74) is 0. The number of hydrogen-bond donors (Lipinski definition) is 1. The summed E-state index contributed by atoms with van der Waals surface area (Å²) in [6.45, 7) is 7.02. The monoisotopic (exact) mass is 523 g/mol. The lowest BCUT2D eigenvalue weighted by atomic mass is 10.0. The summed E-state index contributed by atoms with van der Waals surface area (Å²) in [4.78, 5) is 12.6. The van der Waals surface area contributed by atoms with E-state index in [2.05, 4.69) is 5.09 Å². The maximum atomic E-state index is 14.2. The van der Waals surface area contributed by atoms with Crippen molar-refractivity contribution in [1.29, 1.82) is 0 Å². The molecule has 2 rings (SSSR count). The molecule has 0 aromatic heterocycles. The first-order chi connectivity index (χ1) is 16.4. The molecule has 12 heteroatoms. The second-order valence-corrected chi connectivity index (χ2v) is 9.84. The van der Waals surface area contributed by atoms with E-state index in [-0.39, 0.29) is 11.7 Å². The van der Waals surface area contributed by atoms with Crippen LogP contribution < -0.4 is 14.1 Å². The van der Waals surface area contributed by atoms with Crippen molar-refractivity contribution in [2.45, 2.75) is 59.1 Å². The van der Waals surface area contributed by atoms with Gasteiger partial charge >= 0.3 is 13.7 Å². The van der Waals surface area contributed by atoms with Gasteiger partial charge in [-0.15, -0.1) is 0 Å². The molecule has 0 bridgehead atoms. The largest absolute Gasteiger partial charge is 0.513 e. The predicted octanol–water partition coefficient (Wildman–Crippen LogP) is 6.68. The van der Waals surface area contributed by atoms with Crippen LogP contribution in [0, 0.1) is 35.0 Å². The lowest BCUT2D eigenvalue weighted by molar-refractivity contribution is -0.151. The fourth-order valence-corrected chi connectivity index (χ4v) is 4.63. The molecular weight excluding hydrogens is 496 g/mol. The number of rotatable bonds is 12. The van der Waals surface area contributed by atoms with Crippen LogP contribution in [-0.4, -0.2) is 18.1 Å². The Morgan fingerprint density at radius 1 is 0.914 bits per heavy atom. The molecule has 6 nitrogen and oxygen atoms in total. The minimum absolute atomic E-state index is 0.128. The highest BCUT2D eigenvalue weighted by atomic mass is 31.2. The van der Waals surface area contributed by atoms with Crippen molar-refractivity contribution in [3.05, 3.63) is 59.4 Å². The first-order valence-corrected chi connectivity index (χ1v) is 12.5. The van der Waals surface area contributed by atoms with Crippen LogP contribution in [-0.2, 0) is 14.1 Å². The van der Waals surface area contributed by atoms with E-state index < -0.39 is 60.7 Å². The number of benzene rings is 2. The zero-order chi connectivity index (χ0) is 26.3. The van der Waals surface area contributed by atoms with Crippen LogP contribution in [0.1, 0.15) is 47.0 Å². The molecule has 1 unspecified atom stereocenters. The minimum Gasteiger partial charge on any atom is -0.461 e. The minimum atomic E-state index is -4.95. The van der Waals surface area contributed by atoms with Crippen LogP contribution in [0.2, 0.25) is 0 Å². The molecule has 0 saturated heterocycles. The fraction of sp³-hybridized carbons (Fsp3) is 0.435. The third-order valence-electron chi connectivity index (χ3n) is 4.68. The number of carbonyl (C=O) groups excluding carboxylic acids is 1. The highest BCUT2D eigenvalue weighted by molar-refractivity contribution is 7.52. The Labute approximate surface area is 200 Å². The van der Waals surface area contributed by atoms with Crippen molar-refractivity contribution in [1.82, 2.24) is 5.09 Å². The normalized spacial score (nSPS) is 14.8. The van der Waals surface area contributed by atoms with E-state index in [1.54, 1.807) is 6.07 Å². The summed E-state index contributed by atoms with van der Waals surface area (Å²) in [5, 5.41) is 2.16. The molecule has 0 fully saturated rings. The number of ether oxygens (including phenoxy) is 1. The molecule has 0 radical (unpaired) electrons. The van der Waals surface area contributed by atoms with Crippen molar-refractivity contribution < 1.29 is 45.1 Å². The van der Waals surface area contributed by atoms with Crippen LogP contribution in [0.3, 0.4) is 0 Å². The number of halogens is 5. The van der Waals surface area contributed by atoms with Gasteiger partial charge in [-0.2, -0.15) is 13.9 Å². The first kappa shape index (κ1) is 28.6. The second-order valence-electron chi connectivity index (χ2n) is 8.22. The third kappa shape index (κ3) is 7.67. The van der Waals surface area contributed by atoms with Gasteiger partial charge in [0.15, 0.2) is 0 Å². The van der Waals surface area contributed by atoms with E-state index in [1.165, 1.54) is 31.2 Å². The molecular formula is C23H27F5NO5P. The van der Waals surface area contributed by atoms with Gasteiger partial charge in [0.05, 0.1) is 0 Å². The average molecular weight is 523 g/mol. The average Bonchev–Trinajstić information content (AvgIpc) is 2.79. The van der Waals surface area contributed by atoms with Crippen LogP contribution in [0.15, 0.2) is 30.3 Å². The summed E-state index contributed by atoms with van der Waals surface area (Å²) in [7, 11) is -4.95. The zero-order valence-electron chi connectivity index (χ0n) is 19.6. The first-order valence-electron chi connectivity index (χ1n) is 10.9. The van der Waals surface area contributed by atoms with E-state index in [0.717, 1.165) is 6.42 Å². The van der Waals surface area contributed by atoms with Crippen molar-refractivity contribution >= 4 is 13.7 Å². The smallest absolute Gasteiger partial charge is 0.461 e. The molecule has 0 aliphatic heterocycles. The van der Waals surface area contributed by atoms with E-state index in [9.17, 15) is 31.3 Å². The van der Waals surface area contributed by atoms with Gasteiger partial charge in [-0.25, -0.2) is 17.7 Å². The van der Waals surface area contributed by atoms with Crippen molar-refractivity contribution in [3.8, 4) is 11.5 Å². The Bertz CT molecular complexity index is 1040. The molecule has 0 aliphatic carbocycles. The molecule has 1 N–H and O–H groups in total. The quantitative estimate of drug-likeness (QED) is 0.110. The summed E-state index contributed by atoms with van der Waals surface area (Å²) in [5.74, 6) is -14.3. The Hall–Kier alpha value is -2.65. The molecule has 0 saturated carbocycles. The van der Waals surface area contributed by atoms with E-state index in [0.29, 0.717) is 12.8 Å². The Morgan fingerprint density at radius 2 is 1.46 bits per heavy atom. The molecule has 0 heterocycles. The van der Waals surface area contributed by atoms with Gasteiger partial charge in [-0.3, -0.25) is 4.79 Å². The lowest BCUT2D eigenvalue weighted by Gasteiger charge is -2.25. The molecule has 35 heavy (non-hydrogen) atoms. The summed E-state index contributed by atoms with van der Waals surface area (Å²) < 4.78 is 98.0. The molecule has 194 valence electrons.